The monoisotopic (exact) mass is 142 g/mol. The average molecular weight is 142 g/mol. The topological polar surface area (TPSA) is 47.1 Å². The van der Waals surface area contributed by atoms with Gasteiger partial charge in [-0.05, 0) is 0 Å². The molecule has 0 unspecified atom stereocenters. The summed E-state index contributed by atoms with van der Waals surface area (Å²) < 4.78 is 0. The first-order chi connectivity index (χ1) is 1.00. The summed E-state index contributed by atoms with van der Waals surface area (Å²) in [5.74, 6) is 0. The van der Waals surface area contributed by atoms with Crippen LogP contribution in [0.3, 0.4) is 0 Å². The van der Waals surface area contributed by atoms with Gasteiger partial charge in [0.25, 0.3) is 0 Å². The van der Waals surface area contributed by atoms with E-state index in [2.05, 4.69) is 0 Å². The molecule has 0 rings (SSSR count). The van der Waals surface area contributed by atoms with Gasteiger partial charge in [-0.3, -0.25) is 0 Å². The number of carbonyl (C=O) groups excluding carboxylic acids is 1. The number of hydrogen-bond acceptors (Lipinski definition) is 2. The first kappa shape index (κ1) is 29.3. The van der Waals surface area contributed by atoms with Crippen molar-refractivity contribution >= 4 is 6.79 Å². The van der Waals surface area contributed by atoms with E-state index < -0.39 is 0 Å². The zero-order chi connectivity index (χ0) is 2.00. The van der Waals surface area contributed by atoms with E-state index in [4.69, 9.17) is 4.79 Å². The first-order valence-electron chi connectivity index (χ1n) is 0.289. The standard InChI is InChI=1S/CH2O.Fe.K.H2O/c1-2;;;/h1H2;;;1H2/q;;+1;/p-1. The summed E-state index contributed by atoms with van der Waals surface area (Å²) in [7, 11) is 0. The fraction of sp³-hybridized carbons (Fsp3) is 0. The average Bonchev–Trinajstić information content (AvgIpc) is 1.00. The van der Waals surface area contributed by atoms with Gasteiger partial charge in [0.2, 0.25) is 0 Å². The summed E-state index contributed by atoms with van der Waals surface area (Å²) in [4.78, 5) is 8.00. The van der Waals surface area contributed by atoms with Crippen LogP contribution in [0.15, 0.2) is 0 Å². The molecule has 0 aliphatic carbocycles. The molecule has 0 aromatic rings. The van der Waals surface area contributed by atoms with Gasteiger partial charge in [0, 0.05) is 17.1 Å². The fourth-order valence-corrected chi connectivity index (χ4v) is 0. The summed E-state index contributed by atoms with van der Waals surface area (Å²) >= 11 is 0. The van der Waals surface area contributed by atoms with E-state index in [1.54, 1.807) is 0 Å². The third-order valence-corrected chi connectivity index (χ3v) is 0. The molecule has 0 aliphatic rings. The van der Waals surface area contributed by atoms with Crippen LogP contribution in [0.25, 0.3) is 0 Å². The second kappa shape index (κ2) is 41.6. The summed E-state index contributed by atoms with van der Waals surface area (Å²) in [6, 6.07) is 0. The smallest absolute Gasteiger partial charge is 0.870 e. The van der Waals surface area contributed by atoms with E-state index in [1.807, 2.05) is 6.79 Å². The molecule has 2 nitrogen and oxygen atoms in total. The van der Waals surface area contributed by atoms with Crippen LogP contribution in [-0.4, -0.2) is 12.3 Å². The van der Waals surface area contributed by atoms with Gasteiger partial charge in [-0.1, -0.05) is 0 Å². The Labute approximate surface area is 83.9 Å². The van der Waals surface area contributed by atoms with Crippen molar-refractivity contribution in [2.45, 2.75) is 0 Å². The van der Waals surface area contributed by atoms with Gasteiger partial charge < -0.3 is 10.3 Å². The third-order valence-electron chi connectivity index (χ3n) is 0. The minimum Gasteiger partial charge on any atom is -0.870 e. The van der Waals surface area contributed by atoms with Crippen LogP contribution in [0, 0.1) is 0 Å². The van der Waals surface area contributed by atoms with E-state index in [-0.39, 0.29) is 73.9 Å². The molecule has 0 saturated carbocycles. The van der Waals surface area contributed by atoms with Gasteiger partial charge in [-0.25, -0.2) is 0 Å². The van der Waals surface area contributed by atoms with E-state index in [0.29, 0.717) is 0 Å². The molecule has 0 aliphatic heterocycles. The van der Waals surface area contributed by atoms with Crippen molar-refractivity contribution in [3.63, 3.8) is 0 Å². The van der Waals surface area contributed by atoms with Crippen LogP contribution in [0.1, 0.15) is 0 Å². The Morgan fingerprint density at radius 3 is 1.20 bits per heavy atom. The van der Waals surface area contributed by atoms with Crippen LogP contribution in [0.2, 0.25) is 0 Å². The van der Waals surface area contributed by atoms with E-state index >= 15 is 0 Å². The third kappa shape index (κ3) is 26.0. The minimum atomic E-state index is 0. The maximum absolute atomic E-state index is 8.00. The van der Waals surface area contributed by atoms with Crippen molar-refractivity contribution in [1.82, 2.24) is 0 Å². The van der Waals surface area contributed by atoms with E-state index in [9.17, 15) is 0 Å². The largest absolute Gasteiger partial charge is 1.00 e. The molecule has 4 heteroatoms. The van der Waals surface area contributed by atoms with Crippen molar-refractivity contribution in [3.05, 3.63) is 0 Å². The predicted molar refractivity (Wildman–Crippen MR) is 9.06 cm³/mol. The maximum Gasteiger partial charge on any atom is 1.00 e. The molecule has 0 spiro atoms. The summed E-state index contributed by atoms with van der Waals surface area (Å²) in [6.07, 6.45) is 0. The second-order valence-electron chi connectivity index (χ2n) is 0. The first-order valence-corrected chi connectivity index (χ1v) is 0.289. The van der Waals surface area contributed by atoms with E-state index in [1.165, 1.54) is 0 Å². The second-order valence-corrected chi connectivity index (χ2v) is 0. The number of rotatable bonds is 0. The Hall–Kier alpha value is 1.79. The summed E-state index contributed by atoms with van der Waals surface area (Å²) in [6.45, 7) is 2.00. The van der Waals surface area contributed by atoms with Gasteiger partial charge >= 0.3 is 51.4 Å². The molecule has 28 valence electrons. The summed E-state index contributed by atoms with van der Waals surface area (Å²) in [5.41, 5.74) is 0. The Bertz CT molecular complexity index is 9.61. The SMILES string of the molecule is C=O.[Fe].[K+].[OH-]. The van der Waals surface area contributed by atoms with Crippen LogP contribution in [0.5, 0.6) is 0 Å². The van der Waals surface area contributed by atoms with Crippen LogP contribution >= 0.6 is 0 Å². The number of carbonyl (C=O) groups is 1. The Morgan fingerprint density at radius 2 is 1.20 bits per heavy atom. The molecule has 0 amide bonds. The van der Waals surface area contributed by atoms with Gasteiger partial charge in [0.1, 0.15) is 6.79 Å². The molecular formula is CH3FeKO2. The Kier molecular flexibility index (Phi) is 243. The van der Waals surface area contributed by atoms with Gasteiger partial charge in [0.15, 0.2) is 0 Å². The molecule has 0 aromatic carbocycles. The van der Waals surface area contributed by atoms with Crippen LogP contribution in [0.4, 0.5) is 0 Å². The zero-order valence-corrected chi connectivity index (χ0v) is 7.14. The molecule has 0 fully saturated rings. The van der Waals surface area contributed by atoms with Crippen molar-refractivity contribution in [2.24, 2.45) is 0 Å². The maximum atomic E-state index is 8.00. The van der Waals surface area contributed by atoms with Crippen molar-refractivity contribution in [3.8, 4) is 0 Å². The van der Waals surface area contributed by atoms with Gasteiger partial charge in [-0.15, -0.1) is 0 Å². The Balaban J connectivity index is -0.00000000167. The molecule has 0 aromatic heterocycles. The predicted octanol–water partition coefficient (Wildman–Crippen LogP) is -3.36. The van der Waals surface area contributed by atoms with Crippen LogP contribution in [-0.2, 0) is 21.9 Å². The molecule has 1 N–H and O–H groups in total. The molecular weight excluding hydrogens is 139 g/mol. The van der Waals surface area contributed by atoms with E-state index in [0.717, 1.165) is 0 Å². The quantitative estimate of drug-likeness (QED) is 0.331. The van der Waals surface area contributed by atoms with Gasteiger partial charge in [-0.2, -0.15) is 0 Å². The molecule has 5 heavy (non-hydrogen) atoms. The summed E-state index contributed by atoms with van der Waals surface area (Å²) in [5, 5.41) is 0. The Morgan fingerprint density at radius 1 is 1.20 bits per heavy atom. The van der Waals surface area contributed by atoms with Gasteiger partial charge in [0.05, 0.1) is 0 Å². The van der Waals surface area contributed by atoms with Crippen LogP contribution < -0.4 is 51.4 Å². The zero-order valence-electron chi connectivity index (χ0n) is 2.92. The molecule has 0 heterocycles. The fourth-order valence-electron chi connectivity index (χ4n) is 0. The number of hydrogen-bond donors (Lipinski definition) is 0. The molecule has 0 atom stereocenters. The van der Waals surface area contributed by atoms with Crippen molar-refractivity contribution in [2.75, 3.05) is 0 Å². The molecule has 0 saturated heterocycles. The molecule has 0 bridgehead atoms. The minimum absolute atomic E-state index is 0. The molecule has 0 radical (unpaired) electrons. The normalized spacial score (nSPS) is 0.800. The van der Waals surface area contributed by atoms with Crippen molar-refractivity contribution < 1.29 is 78.7 Å². The van der Waals surface area contributed by atoms with Crippen molar-refractivity contribution in [1.29, 1.82) is 0 Å².